The lowest BCUT2D eigenvalue weighted by Crippen LogP contribution is -2.14. The fourth-order valence-corrected chi connectivity index (χ4v) is 1.80. The third kappa shape index (κ3) is 3.10. The Morgan fingerprint density at radius 1 is 1.21 bits per heavy atom. The molecule has 3 N–H and O–H groups in total. The second-order valence-corrected chi connectivity index (χ2v) is 4.22. The lowest BCUT2D eigenvalue weighted by Gasteiger charge is -2.17. The first-order valence-corrected chi connectivity index (χ1v) is 5.93. The van der Waals surface area contributed by atoms with Crippen LogP contribution < -0.4 is 10.5 Å². The summed E-state index contributed by atoms with van der Waals surface area (Å²) in [6.45, 7) is 1.89. The van der Waals surface area contributed by atoms with Crippen LogP contribution in [0, 0.1) is 11.2 Å². The summed E-state index contributed by atoms with van der Waals surface area (Å²) in [6, 6.07) is 13.6. The van der Waals surface area contributed by atoms with E-state index in [2.05, 4.69) is 0 Å². The zero-order valence-corrected chi connectivity index (χ0v) is 10.6. The number of nitrogen functional groups attached to an aromatic ring is 1. The number of nitrogens with two attached hydrogens (primary N) is 1. The van der Waals surface area contributed by atoms with Crippen molar-refractivity contribution in [3.8, 4) is 5.75 Å². The molecule has 0 aromatic heterocycles. The van der Waals surface area contributed by atoms with Gasteiger partial charge in [-0.2, -0.15) is 0 Å². The molecule has 1 unspecified atom stereocenters. The molecule has 1 atom stereocenters. The average molecular weight is 258 g/mol. The van der Waals surface area contributed by atoms with Gasteiger partial charge in [0, 0.05) is 0 Å². The molecule has 2 aromatic rings. The molecule has 0 aliphatic heterocycles. The maximum atomic E-state index is 13.2. The van der Waals surface area contributed by atoms with Crippen LogP contribution in [0.4, 0.5) is 4.39 Å². The molecule has 0 radical (unpaired) electrons. The van der Waals surface area contributed by atoms with Crippen LogP contribution in [0.3, 0.4) is 0 Å². The summed E-state index contributed by atoms with van der Waals surface area (Å²) in [5, 5.41) is 7.45. The first-order valence-electron chi connectivity index (χ1n) is 5.93. The van der Waals surface area contributed by atoms with Gasteiger partial charge in [0.15, 0.2) is 0 Å². The van der Waals surface area contributed by atoms with E-state index in [-0.39, 0.29) is 17.5 Å². The van der Waals surface area contributed by atoms with E-state index in [1.54, 1.807) is 0 Å². The molecule has 3 nitrogen and oxygen atoms in total. The van der Waals surface area contributed by atoms with Gasteiger partial charge >= 0.3 is 0 Å². The van der Waals surface area contributed by atoms with E-state index >= 15 is 0 Å². The van der Waals surface area contributed by atoms with Gasteiger partial charge in [-0.3, -0.25) is 5.41 Å². The van der Waals surface area contributed by atoms with Gasteiger partial charge in [0.2, 0.25) is 0 Å². The number of hydrogen-bond acceptors (Lipinski definition) is 2. The highest BCUT2D eigenvalue weighted by molar-refractivity contribution is 5.97. The summed E-state index contributed by atoms with van der Waals surface area (Å²) in [5.74, 6) is -0.245. The first-order chi connectivity index (χ1) is 9.08. The summed E-state index contributed by atoms with van der Waals surface area (Å²) >= 11 is 0. The molecule has 0 saturated heterocycles. The van der Waals surface area contributed by atoms with Crippen molar-refractivity contribution in [1.82, 2.24) is 0 Å². The fraction of sp³-hybridized carbons (Fsp3) is 0.133. The minimum Gasteiger partial charge on any atom is -0.485 e. The molecule has 0 heterocycles. The molecule has 0 aliphatic carbocycles. The van der Waals surface area contributed by atoms with Crippen molar-refractivity contribution in [3.05, 3.63) is 65.5 Å². The number of benzene rings is 2. The molecule has 2 rings (SSSR count). The highest BCUT2D eigenvalue weighted by Gasteiger charge is 2.12. The molecule has 0 spiro atoms. The van der Waals surface area contributed by atoms with E-state index in [0.717, 1.165) is 5.56 Å². The van der Waals surface area contributed by atoms with Gasteiger partial charge in [0.05, 0.1) is 5.56 Å². The molecule has 0 bridgehead atoms. The highest BCUT2D eigenvalue weighted by Crippen LogP contribution is 2.25. The van der Waals surface area contributed by atoms with Gasteiger partial charge in [0.25, 0.3) is 0 Å². The molecule has 0 fully saturated rings. The molecule has 98 valence electrons. The Morgan fingerprint density at radius 3 is 2.53 bits per heavy atom. The SMILES string of the molecule is CC(Oc1ccc(F)cc1C(=N)N)c1ccccc1. The maximum Gasteiger partial charge on any atom is 0.131 e. The summed E-state index contributed by atoms with van der Waals surface area (Å²) < 4.78 is 18.9. The van der Waals surface area contributed by atoms with E-state index in [9.17, 15) is 4.39 Å². The van der Waals surface area contributed by atoms with Crippen molar-refractivity contribution >= 4 is 5.84 Å². The Hall–Kier alpha value is -2.36. The van der Waals surface area contributed by atoms with Gasteiger partial charge in [-0.15, -0.1) is 0 Å². The zero-order chi connectivity index (χ0) is 13.8. The minimum atomic E-state index is -0.440. The number of halogens is 1. The van der Waals surface area contributed by atoms with E-state index in [1.807, 2.05) is 37.3 Å². The number of hydrogen-bond donors (Lipinski definition) is 2. The van der Waals surface area contributed by atoms with Crippen molar-refractivity contribution in [1.29, 1.82) is 5.41 Å². The van der Waals surface area contributed by atoms with Crippen LogP contribution in [0.15, 0.2) is 48.5 Å². The normalized spacial score (nSPS) is 11.9. The number of ether oxygens (including phenoxy) is 1. The van der Waals surface area contributed by atoms with Crippen LogP contribution in [0.1, 0.15) is 24.2 Å². The monoisotopic (exact) mass is 258 g/mol. The molecular formula is C15H15FN2O. The molecule has 4 heteroatoms. The predicted molar refractivity (Wildman–Crippen MR) is 72.9 cm³/mol. The van der Waals surface area contributed by atoms with Crippen LogP contribution in [0.5, 0.6) is 5.75 Å². The van der Waals surface area contributed by atoms with E-state index in [0.29, 0.717) is 5.75 Å². The Kier molecular flexibility index (Phi) is 3.80. The second-order valence-electron chi connectivity index (χ2n) is 4.22. The quantitative estimate of drug-likeness (QED) is 0.653. The molecule has 0 aliphatic rings. The van der Waals surface area contributed by atoms with E-state index in [1.165, 1.54) is 18.2 Å². The van der Waals surface area contributed by atoms with Gasteiger partial charge in [-0.1, -0.05) is 30.3 Å². The number of amidine groups is 1. The molecule has 0 amide bonds. The summed E-state index contributed by atoms with van der Waals surface area (Å²) in [5.41, 5.74) is 6.70. The molecular weight excluding hydrogens is 243 g/mol. The third-order valence-corrected chi connectivity index (χ3v) is 2.80. The molecule has 2 aromatic carbocycles. The van der Waals surface area contributed by atoms with Gasteiger partial charge in [0.1, 0.15) is 23.5 Å². The first kappa shape index (κ1) is 13.1. The van der Waals surface area contributed by atoms with Crippen LogP contribution in [0.2, 0.25) is 0 Å². The lowest BCUT2D eigenvalue weighted by atomic mass is 10.1. The average Bonchev–Trinajstić information content (AvgIpc) is 2.41. The van der Waals surface area contributed by atoms with Gasteiger partial charge in [-0.25, -0.2) is 4.39 Å². The lowest BCUT2D eigenvalue weighted by molar-refractivity contribution is 0.226. The predicted octanol–water partition coefficient (Wildman–Crippen LogP) is 3.25. The van der Waals surface area contributed by atoms with Crippen molar-refractivity contribution in [3.63, 3.8) is 0 Å². The minimum absolute atomic E-state index is 0.204. The van der Waals surface area contributed by atoms with Crippen molar-refractivity contribution in [2.24, 2.45) is 5.73 Å². The van der Waals surface area contributed by atoms with Crippen LogP contribution in [-0.4, -0.2) is 5.84 Å². The Bertz CT molecular complexity index is 584. The third-order valence-electron chi connectivity index (χ3n) is 2.80. The van der Waals surface area contributed by atoms with Gasteiger partial charge in [-0.05, 0) is 30.7 Å². The highest BCUT2D eigenvalue weighted by atomic mass is 19.1. The molecule has 0 saturated carbocycles. The summed E-state index contributed by atoms with van der Waals surface area (Å²) in [7, 11) is 0. The number of rotatable bonds is 4. The Labute approximate surface area is 111 Å². The zero-order valence-electron chi connectivity index (χ0n) is 10.6. The Morgan fingerprint density at radius 2 is 1.89 bits per heavy atom. The van der Waals surface area contributed by atoms with Crippen LogP contribution in [-0.2, 0) is 0 Å². The summed E-state index contributed by atoms with van der Waals surface area (Å²) in [4.78, 5) is 0. The van der Waals surface area contributed by atoms with Crippen molar-refractivity contribution < 1.29 is 9.13 Å². The van der Waals surface area contributed by atoms with Crippen LogP contribution in [0.25, 0.3) is 0 Å². The largest absolute Gasteiger partial charge is 0.485 e. The van der Waals surface area contributed by atoms with Gasteiger partial charge < -0.3 is 10.5 Å². The van der Waals surface area contributed by atoms with Crippen LogP contribution >= 0.6 is 0 Å². The van der Waals surface area contributed by atoms with Crippen molar-refractivity contribution in [2.75, 3.05) is 0 Å². The molecule has 19 heavy (non-hydrogen) atoms. The fourth-order valence-electron chi connectivity index (χ4n) is 1.80. The van der Waals surface area contributed by atoms with E-state index in [4.69, 9.17) is 15.9 Å². The second kappa shape index (κ2) is 5.52. The number of nitrogens with one attached hydrogen (secondary N) is 1. The standard InChI is InChI=1S/C15H15FN2O/c1-10(11-5-3-2-4-6-11)19-14-8-7-12(16)9-13(14)15(17)18/h2-10H,1H3,(H3,17,18). The van der Waals surface area contributed by atoms with Crippen molar-refractivity contribution in [2.45, 2.75) is 13.0 Å². The van der Waals surface area contributed by atoms with E-state index < -0.39 is 5.82 Å². The Balaban J connectivity index is 2.26. The summed E-state index contributed by atoms with van der Waals surface area (Å²) in [6.07, 6.45) is -0.204. The smallest absolute Gasteiger partial charge is 0.131 e. The maximum absolute atomic E-state index is 13.2. The topological polar surface area (TPSA) is 59.1 Å².